The van der Waals surface area contributed by atoms with Crippen LogP contribution in [-0.4, -0.2) is 46.9 Å². The molecule has 0 saturated heterocycles. The first-order chi connectivity index (χ1) is 17.7. The quantitative estimate of drug-likeness (QED) is 0.610. The van der Waals surface area contributed by atoms with Gasteiger partial charge in [-0.05, 0) is 85.8 Å². The Morgan fingerprint density at radius 1 is 1.19 bits per heavy atom. The average Bonchev–Trinajstić information content (AvgIpc) is 3.45. The number of methoxy groups -OCH3 is 1. The van der Waals surface area contributed by atoms with Gasteiger partial charge in [0.15, 0.2) is 0 Å². The van der Waals surface area contributed by atoms with Crippen LogP contribution in [0.15, 0.2) is 30.4 Å². The van der Waals surface area contributed by atoms with Gasteiger partial charge in [-0.2, -0.15) is 0 Å². The molecule has 0 bridgehead atoms. The summed E-state index contributed by atoms with van der Waals surface area (Å²) >= 11 is 0. The average molecular weight is 505 g/mol. The number of rotatable bonds is 5. The standard InChI is InChI=1S/C30H40N4O3/c1-29-13-11-22-20(7-10-25-30(22,2)14-12-28(36)34(25)3)21(29)8-5-18(29)15-27(35)31-17-26-32-23-9-6-19(37-4)16-24(23)33-26/h6,9,12,14,16,18,20-22,25H,5,7-8,10-11,13,15,17H2,1-4H3,(H,31,35)(H,32,33)/t18-,20?,21?,22?,25?,29-,30-/m1/s1. The molecule has 0 radical (unpaired) electrons. The first kappa shape index (κ1) is 24.5. The number of nitrogens with one attached hydrogen (secondary N) is 2. The van der Waals surface area contributed by atoms with E-state index in [1.807, 2.05) is 36.2 Å². The fourth-order valence-electron chi connectivity index (χ4n) is 8.91. The zero-order chi connectivity index (χ0) is 25.9. The molecule has 3 saturated carbocycles. The highest BCUT2D eigenvalue weighted by molar-refractivity contribution is 5.89. The summed E-state index contributed by atoms with van der Waals surface area (Å²) in [5.74, 6) is 4.23. The lowest BCUT2D eigenvalue weighted by Gasteiger charge is -2.60. The predicted molar refractivity (Wildman–Crippen MR) is 143 cm³/mol. The van der Waals surface area contributed by atoms with Gasteiger partial charge in [-0.25, -0.2) is 4.98 Å². The lowest BCUT2D eigenvalue weighted by molar-refractivity contribution is -0.139. The van der Waals surface area contributed by atoms with Gasteiger partial charge in [0.25, 0.3) is 0 Å². The molecule has 7 heteroatoms. The van der Waals surface area contributed by atoms with Crippen molar-refractivity contribution >= 4 is 22.8 Å². The minimum Gasteiger partial charge on any atom is -0.497 e. The summed E-state index contributed by atoms with van der Waals surface area (Å²) in [5, 5.41) is 3.13. The Hall–Kier alpha value is -2.83. The van der Waals surface area contributed by atoms with E-state index < -0.39 is 0 Å². The van der Waals surface area contributed by atoms with Crippen molar-refractivity contribution in [1.82, 2.24) is 20.2 Å². The third kappa shape index (κ3) is 3.88. The maximum absolute atomic E-state index is 13.1. The number of benzene rings is 1. The number of fused-ring (bicyclic) bond motifs is 6. The Morgan fingerprint density at radius 2 is 2.03 bits per heavy atom. The van der Waals surface area contributed by atoms with E-state index >= 15 is 0 Å². The molecule has 198 valence electrons. The van der Waals surface area contributed by atoms with Gasteiger partial charge in [0, 0.05) is 31.0 Å². The minimum atomic E-state index is 0.0684. The second-order valence-corrected chi connectivity index (χ2v) is 12.5. The Balaban J connectivity index is 1.11. The molecule has 2 N–H and O–H groups in total. The number of amides is 2. The normalized spacial score (nSPS) is 36.7. The highest BCUT2D eigenvalue weighted by Gasteiger charge is 2.60. The van der Waals surface area contributed by atoms with E-state index in [0.29, 0.717) is 42.7 Å². The molecular weight excluding hydrogens is 464 g/mol. The van der Waals surface area contributed by atoms with Crippen LogP contribution < -0.4 is 10.1 Å². The summed E-state index contributed by atoms with van der Waals surface area (Å²) in [5.41, 5.74) is 2.08. The first-order valence-corrected chi connectivity index (χ1v) is 14.0. The molecule has 2 heterocycles. The number of H-pyrrole nitrogens is 1. The van der Waals surface area contributed by atoms with E-state index in [1.54, 1.807) is 7.11 Å². The summed E-state index contributed by atoms with van der Waals surface area (Å²) in [6.07, 6.45) is 11.7. The van der Waals surface area contributed by atoms with Crippen molar-refractivity contribution in [2.45, 2.75) is 71.4 Å². The molecule has 1 aromatic carbocycles. The van der Waals surface area contributed by atoms with Crippen molar-refractivity contribution < 1.29 is 14.3 Å². The van der Waals surface area contributed by atoms with Crippen LogP contribution in [0.25, 0.3) is 11.0 Å². The molecule has 4 aliphatic rings. The smallest absolute Gasteiger partial charge is 0.246 e. The second kappa shape index (κ2) is 8.88. The summed E-state index contributed by atoms with van der Waals surface area (Å²) in [7, 11) is 3.63. The molecule has 37 heavy (non-hydrogen) atoms. The third-order valence-corrected chi connectivity index (χ3v) is 10.9. The van der Waals surface area contributed by atoms with Crippen LogP contribution in [-0.2, 0) is 16.1 Å². The molecule has 7 nitrogen and oxygen atoms in total. The van der Waals surface area contributed by atoms with Gasteiger partial charge in [-0.15, -0.1) is 0 Å². The number of imidazole rings is 1. The topological polar surface area (TPSA) is 87.3 Å². The summed E-state index contributed by atoms with van der Waals surface area (Å²) in [6, 6.07) is 6.07. The first-order valence-electron chi connectivity index (χ1n) is 14.0. The van der Waals surface area contributed by atoms with Crippen LogP contribution in [0.2, 0.25) is 0 Å². The van der Waals surface area contributed by atoms with Crippen molar-refractivity contribution in [3.8, 4) is 5.75 Å². The van der Waals surface area contributed by atoms with E-state index in [4.69, 9.17) is 4.74 Å². The van der Waals surface area contributed by atoms with E-state index in [1.165, 1.54) is 25.7 Å². The predicted octanol–water partition coefficient (Wildman–Crippen LogP) is 4.83. The number of hydrogen-bond donors (Lipinski definition) is 2. The fraction of sp³-hybridized carbons (Fsp3) is 0.633. The van der Waals surface area contributed by atoms with Gasteiger partial charge in [0.05, 0.1) is 24.7 Å². The van der Waals surface area contributed by atoms with E-state index in [9.17, 15) is 9.59 Å². The number of aromatic nitrogens is 2. The van der Waals surface area contributed by atoms with Gasteiger partial charge < -0.3 is 19.9 Å². The van der Waals surface area contributed by atoms with Crippen LogP contribution in [0.3, 0.4) is 0 Å². The third-order valence-electron chi connectivity index (χ3n) is 10.9. The van der Waals surface area contributed by atoms with E-state index in [-0.39, 0.29) is 22.6 Å². The van der Waals surface area contributed by atoms with E-state index in [2.05, 4.69) is 35.2 Å². The molecule has 3 fully saturated rings. The van der Waals surface area contributed by atoms with Gasteiger partial charge in [-0.1, -0.05) is 19.9 Å². The summed E-state index contributed by atoms with van der Waals surface area (Å²) in [4.78, 5) is 35.3. The Morgan fingerprint density at radius 3 is 2.84 bits per heavy atom. The van der Waals surface area contributed by atoms with Crippen LogP contribution in [0.4, 0.5) is 0 Å². The summed E-state index contributed by atoms with van der Waals surface area (Å²) in [6.45, 7) is 5.27. The SMILES string of the molecule is COc1ccc2nc(CNC(=O)C[C@H]3CCC4C5CCC6N(C)C(=O)C=C[C@]6(C)C5CC[C@@]43C)[nH]c2c1. The van der Waals surface area contributed by atoms with Crippen molar-refractivity contribution in [3.05, 3.63) is 36.2 Å². The molecule has 7 atom stereocenters. The number of carbonyl (C=O) groups is 2. The molecule has 6 rings (SSSR count). The monoisotopic (exact) mass is 504 g/mol. The van der Waals surface area contributed by atoms with Crippen molar-refractivity contribution in [3.63, 3.8) is 0 Å². The van der Waals surface area contributed by atoms with E-state index in [0.717, 1.165) is 35.4 Å². The number of likely N-dealkylation sites (N-methyl/N-ethyl adjacent to an activating group) is 1. The Bertz CT molecular complexity index is 1250. The van der Waals surface area contributed by atoms with Gasteiger partial charge in [0.1, 0.15) is 11.6 Å². The van der Waals surface area contributed by atoms with Gasteiger partial charge >= 0.3 is 0 Å². The van der Waals surface area contributed by atoms with Crippen molar-refractivity contribution in [2.24, 2.45) is 34.5 Å². The highest BCUT2D eigenvalue weighted by atomic mass is 16.5. The number of hydrogen-bond acceptors (Lipinski definition) is 4. The lowest BCUT2D eigenvalue weighted by atomic mass is 9.47. The molecule has 3 aliphatic carbocycles. The number of nitrogens with zero attached hydrogens (tertiary/aromatic N) is 2. The molecular formula is C30H40N4O3. The Kier molecular flexibility index (Phi) is 5.88. The van der Waals surface area contributed by atoms with Crippen LogP contribution in [0, 0.1) is 34.5 Å². The molecule has 1 aromatic heterocycles. The maximum Gasteiger partial charge on any atom is 0.246 e. The fourth-order valence-corrected chi connectivity index (χ4v) is 8.91. The number of aromatic amines is 1. The lowest BCUT2D eigenvalue weighted by Crippen LogP contribution is -2.59. The van der Waals surface area contributed by atoms with Crippen molar-refractivity contribution in [2.75, 3.05) is 14.2 Å². The van der Waals surface area contributed by atoms with Crippen LogP contribution in [0.1, 0.15) is 64.6 Å². The minimum absolute atomic E-state index is 0.0684. The zero-order valence-corrected chi connectivity index (χ0v) is 22.5. The van der Waals surface area contributed by atoms with Gasteiger partial charge in [0.2, 0.25) is 11.8 Å². The molecule has 1 aliphatic heterocycles. The summed E-state index contributed by atoms with van der Waals surface area (Å²) < 4.78 is 5.29. The molecule has 0 spiro atoms. The number of carbonyl (C=O) groups excluding carboxylic acids is 2. The molecule has 2 aromatic rings. The van der Waals surface area contributed by atoms with Gasteiger partial charge in [-0.3, -0.25) is 9.59 Å². The zero-order valence-electron chi connectivity index (χ0n) is 22.5. The largest absolute Gasteiger partial charge is 0.497 e. The highest BCUT2D eigenvalue weighted by Crippen LogP contribution is 2.65. The Labute approximate surface area is 219 Å². The van der Waals surface area contributed by atoms with Crippen molar-refractivity contribution in [1.29, 1.82) is 0 Å². The number of ether oxygens (including phenoxy) is 1. The molecule has 2 amide bonds. The van der Waals surface area contributed by atoms with Crippen LogP contribution >= 0.6 is 0 Å². The maximum atomic E-state index is 13.1. The van der Waals surface area contributed by atoms with Crippen LogP contribution in [0.5, 0.6) is 5.75 Å². The second-order valence-electron chi connectivity index (χ2n) is 12.5. The molecule has 4 unspecified atom stereocenters.